The van der Waals surface area contributed by atoms with E-state index in [1.54, 1.807) is 0 Å². The number of ketones is 1. The fourth-order valence-electron chi connectivity index (χ4n) is 4.93. The van der Waals surface area contributed by atoms with Crippen LogP contribution in [0, 0.1) is 5.41 Å². The van der Waals surface area contributed by atoms with Gasteiger partial charge in [0.05, 0.1) is 5.69 Å². The average Bonchev–Trinajstić information content (AvgIpc) is 3.15. The van der Waals surface area contributed by atoms with Crippen LogP contribution in [-0.4, -0.2) is 30.1 Å². The van der Waals surface area contributed by atoms with Crippen LogP contribution in [0.3, 0.4) is 0 Å². The molecule has 2 N–H and O–H groups in total. The van der Waals surface area contributed by atoms with Gasteiger partial charge < -0.3 is 10.2 Å². The highest BCUT2D eigenvalue weighted by atomic mass is 35.5. The number of Topliss-reactive ketones (excluding diaryl/α,β-unsaturated/α-hetero) is 1. The van der Waals surface area contributed by atoms with Crippen LogP contribution >= 0.6 is 11.6 Å². The standard InChI is InChI=1S/C26H27ClN4O/c1-26(2)13-19-22(20(32)14-26)21(15-7-11-18(12-8-15)31(3)4)23-24(29-30-25(23)28-19)16-5-9-17(27)10-6-16/h5-12,21H,13-14H2,1-4H3,(H2,28,29,30)/t21-/m0/s1. The Morgan fingerprint density at radius 1 is 1.03 bits per heavy atom. The number of H-pyrrole nitrogens is 1. The molecule has 0 unspecified atom stereocenters. The van der Waals surface area contributed by atoms with Crippen LogP contribution in [0.2, 0.25) is 5.02 Å². The molecule has 2 aromatic carbocycles. The lowest BCUT2D eigenvalue weighted by Gasteiger charge is -2.38. The molecule has 0 amide bonds. The molecule has 2 aliphatic rings. The first-order chi connectivity index (χ1) is 15.2. The first kappa shape index (κ1) is 20.8. The van der Waals surface area contributed by atoms with Gasteiger partial charge in [0, 0.05) is 59.5 Å². The van der Waals surface area contributed by atoms with Crippen molar-refractivity contribution in [3.05, 3.63) is 76.0 Å². The molecule has 164 valence electrons. The van der Waals surface area contributed by atoms with Gasteiger partial charge in [0.2, 0.25) is 0 Å². The third-order valence-electron chi connectivity index (χ3n) is 6.45. The molecule has 0 saturated heterocycles. The van der Waals surface area contributed by atoms with Gasteiger partial charge >= 0.3 is 0 Å². The van der Waals surface area contributed by atoms with Crippen molar-refractivity contribution in [1.82, 2.24) is 10.2 Å². The quantitative estimate of drug-likeness (QED) is 0.518. The molecule has 1 aromatic heterocycles. The Kier molecular flexibility index (Phi) is 4.90. The molecule has 1 aliphatic heterocycles. The van der Waals surface area contributed by atoms with Gasteiger partial charge in [-0.25, -0.2) is 0 Å². The molecular formula is C26H27ClN4O. The molecule has 1 atom stereocenters. The van der Waals surface area contributed by atoms with Gasteiger partial charge in [-0.2, -0.15) is 5.10 Å². The Labute approximate surface area is 193 Å². The number of hydrogen-bond donors (Lipinski definition) is 2. The largest absolute Gasteiger partial charge is 0.378 e. The number of allylic oxidation sites excluding steroid dienone is 2. The minimum Gasteiger partial charge on any atom is -0.378 e. The predicted octanol–water partition coefficient (Wildman–Crippen LogP) is 6.00. The zero-order chi connectivity index (χ0) is 22.6. The lowest BCUT2D eigenvalue weighted by Crippen LogP contribution is -2.33. The number of carbonyl (C=O) groups is 1. The maximum atomic E-state index is 13.5. The van der Waals surface area contributed by atoms with Gasteiger partial charge in [-0.1, -0.05) is 49.7 Å². The zero-order valence-electron chi connectivity index (χ0n) is 18.8. The Morgan fingerprint density at radius 2 is 1.72 bits per heavy atom. The van der Waals surface area contributed by atoms with Crippen molar-refractivity contribution in [2.24, 2.45) is 5.41 Å². The molecule has 32 heavy (non-hydrogen) atoms. The highest BCUT2D eigenvalue weighted by Crippen LogP contribution is 2.51. The van der Waals surface area contributed by atoms with Crippen molar-refractivity contribution >= 4 is 28.9 Å². The summed E-state index contributed by atoms with van der Waals surface area (Å²) in [7, 11) is 4.06. The van der Waals surface area contributed by atoms with E-state index in [2.05, 4.69) is 58.5 Å². The van der Waals surface area contributed by atoms with Crippen LogP contribution in [0.15, 0.2) is 59.8 Å². The Balaban J connectivity index is 1.70. The van der Waals surface area contributed by atoms with Crippen molar-refractivity contribution in [2.45, 2.75) is 32.6 Å². The van der Waals surface area contributed by atoms with Crippen molar-refractivity contribution in [3.63, 3.8) is 0 Å². The van der Waals surface area contributed by atoms with Crippen molar-refractivity contribution < 1.29 is 4.79 Å². The number of nitrogens with one attached hydrogen (secondary N) is 2. The van der Waals surface area contributed by atoms with E-state index in [9.17, 15) is 4.79 Å². The number of nitrogens with zero attached hydrogens (tertiary/aromatic N) is 2. The van der Waals surface area contributed by atoms with E-state index in [4.69, 9.17) is 11.6 Å². The molecule has 0 radical (unpaired) electrons. The first-order valence-corrected chi connectivity index (χ1v) is 11.3. The summed E-state index contributed by atoms with van der Waals surface area (Å²) >= 11 is 6.12. The third kappa shape index (κ3) is 3.51. The van der Waals surface area contributed by atoms with Crippen LogP contribution < -0.4 is 10.2 Å². The molecule has 0 spiro atoms. The van der Waals surface area contributed by atoms with Gasteiger partial charge in [-0.05, 0) is 41.7 Å². The first-order valence-electron chi connectivity index (χ1n) is 10.9. The SMILES string of the molecule is CN(C)c1ccc([C@H]2C3=C(CC(C)(C)CC3=O)Nc3n[nH]c(-c4ccc(Cl)cc4)c32)cc1. The fraction of sp³-hybridized carbons (Fsp3) is 0.308. The maximum Gasteiger partial charge on any atom is 0.162 e. The molecule has 5 rings (SSSR count). The smallest absolute Gasteiger partial charge is 0.162 e. The highest BCUT2D eigenvalue weighted by molar-refractivity contribution is 6.30. The number of anilines is 2. The topological polar surface area (TPSA) is 61.0 Å². The fourth-order valence-corrected chi connectivity index (χ4v) is 5.06. The summed E-state index contributed by atoms with van der Waals surface area (Å²) in [4.78, 5) is 15.6. The molecule has 1 aliphatic carbocycles. The van der Waals surface area contributed by atoms with Gasteiger partial charge in [-0.15, -0.1) is 0 Å². The molecule has 0 bridgehead atoms. The molecule has 0 saturated carbocycles. The number of benzene rings is 2. The molecule has 6 heteroatoms. The van der Waals surface area contributed by atoms with Crippen LogP contribution in [0.5, 0.6) is 0 Å². The summed E-state index contributed by atoms with van der Waals surface area (Å²) in [5.41, 5.74) is 6.92. The van der Waals surface area contributed by atoms with Crippen molar-refractivity contribution in [1.29, 1.82) is 0 Å². The van der Waals surface area contributed by atoms with Gasteiger partial charge in [-0.3, -0.25) is 9.89 Å². The number of aromatic amines is 1. The van der Waals surface area contributed by atoms with Crippen LogP contribution in [0.4, 0.5) is 11.5 Å². The lowest BCUT2D eigenvalue weighted by molar-refractivity contribution is -0.118. The van der Waals surface area contributed by atoms with E-state index in [-0.39, 0.29) is 17.1 Å². The number of halogens is 1. The summed E-state index contributed by atoms with van der Waals surface area (Å²) in [6, 6.07) is 16.2. The van der Waals surface area contributed by atoms with Gasteiger partial charge in [0.1, 0.15) is 0 Å². The third-order valence-corrected chi connectivity index (χ3v) is 6.70. The van der Waals surface area contributed by atoms with E-state index in [1.807, 2.05) is 38.4 Å². The number of rotatable bonds is 3. The second-order valence-electron chi connectivity index (χ2n) is 9.74. The maximum absolute atomic E-state index is 13.5. The summed E-state index contributed by atoms with van der Waals surface area (Å²) in [6.45, 7) is 4.30. The van der Waals surface area contributed by atoms with E-state index >= 15 is 0 Å². The number of fused-ring (bicyclic) bond motifs is 1. The predicted molar refractivity (Wildman–Crippen MR) is 130 cm³/mol. The summed E-state index contributed by atoms with van der Waals surface area (Å²) in [5.74, 6) is 0.825. The summed E-state index contributed by atoms with van der Waals surface area (Å²) < 4.78 is 0. The monoisotopic (exact) mass is 446 g/mol. The van der Waals surface area contributed by atoms with Crippen molar-refractivity contribution in [2.75, 3.05) is 24.3 Å². The second-order valence-corrected chi connectivity index (χ2v) is 10.2. The molecule has 2 heterocycles. The van der Waals surface area contributed by atoms with E-state index in [0.717, 1.165) is 51.6 Å². The van der Waals surface area contributed by atoms with Crippen LogP contribution in [0.25, 0.3) is 11.3 Å². The van der Waals surface area contributed by atoms with E-state index in [1.165, 1.54) is 0 Å². The van der Waals surface area contributed by atoms with Crippen LogP contribution in [0.1, 0.15) is 43.7 Å². The van der Waals surface area contributed by atoms with Gasteiger partial charge in [0.15, 0.2) is 11.6 Å². The Bertz CT molecular complexity index is 1220. The summed E-state index contributed by atoms with van der Waals surface area (Å²) in [5, 5.41) is 12.0. The number of aromatic nitrogens is 2. The zero-order valence-corrected chi connectivity index (χ0v) is 19.5. The number of hydrogen-bond acceptors (Lipinski definition) is 4. The lowest BCUT2D eigenvalue weighted by atomic mass is 9.69. The Hall–Kier alpha value is -3.05. The van der Waals surface area contributed by atoms with Crippen LogP contribution in [-0.2, 0) is 4.79 Å². The second kappa shape index (κ2) is 7.52. The minimum atomic E-state index is -0.175. The Morgan fingerprint density at radius 3 is 2.38 bits per heavy atom. The molecular weight excluding hydrogens is 420 g/mol. The molecule has 5 nitrogen and oxygen atoms in total. The molecule has 0 fully saturated rings. The normalized spacial score (nSPS) is 19.3. The van der Waals surface area contributed by atoms with Crippen molar-refractivity contribution in [3.8, 4) is 11.3 Å². The summed E-state index contributed by atoms with van der Waals surface area (Å²) in [6.07, 6.45) is 1.37. The minimum absolute atomic E-state index is 0.0743. The van der Waals surface area contributed by atoms with Gasteiger partial charge in [0.25, 0.3) is 0 Å². The number of carbonyl (C=O) groups excluding carboxylic acids is 1. The average molecular weight is 447 g/mol. The van der Waals surface area contributed by atoms with E-state index < -0.39 is 0 Å². The molecule has 3 aromatic rings. The highest BCUT2D eigenvalue weighted by Gasteiger charge is 2.42. The van der Waals surface area contributed by atoms with E-state index in [0.29, 0.717) is 11.4 Å².